The summed E-state index contributed by atoms with van der Waals surface area (Å²) in [5.74, 6) is -0.737. The molecule has 1 aliphatic carbocycles. The normalized spacial score (nSPS) is 26.9. The largest absolute Gasteiger partial charge is 0.341 e. The summed E-state index contributed by atoms with van der Waals surface area (Å²) in [5.41, 5.74) is 0.572. The topological polar surface area (TPSA) is 87.9 Å². The monoisotopic (exact) mass is 381 g/mol. The smallest absolute Gasteiger partial charge is 0.333 e. The summed E-state index contributed by atoms with van der Waals surface area (Å²) >= 11 is 12.5. The first kappa shape index (κ1) is 17.4. The molecule has 6 nitrogen and oxygen atoms in total. The Morgan fingerprint density at radius 2 is 1.83 bits per heavy atom. The average Bonchev–Trinajstić information content (AvgIpc) is 3.04. The molecule has 0 aromatic heterocycles. The highest BCUT2D eigenvalue weighted by atomic mass is 35.5. The Balaban J connectivity index is 1.90. The van der Waals surface area contributed by atoms with Crippen molar-refractivity contribution in [1.29, 1.82) is 0 Å². The standard InChI is InChI=1S/C14H17Cl2NO5S/c15-9-4-3-5-10(16)12(9)13-11(8-20-23(17,18)19)21-14(22-13)6-1-2-7-14/h3-5,11,13H,1-2,6-8H2,(H2,17,18,19). The lowest BCUT2D eigenvalue weighted by atomic mass is 10.0. The molecule has 2 N–H and O–H groups in total. The van der Waals surface area contributed by atoms with Crippen LogP contribution in [0.1, 0.15) is 37.4 Å². The Hall–Kier alpha value is -0.410. The predicted octanol–water partition coefficient (Wildman–Crippen LogP) is 2.94. The van der Waals surface area contributed by atoms with E-state index in [0.29, 0.717) is 15.6 Å². The summed E-state index contributed by atoms with van der Waals surface area (Å²) in [4.78, 5) is 0. The zero-order valence-corrected chi connectivity index (χ0v) is 14.5. The second kappa shape index (κ2) is 6.48. The van der Waals surface area contributed by atoms with Gasteiger partial charge in [-0.2, -0.15) is 8.42 Å². The van der Waals surface area contributed by atoms with Gasteiger partial charge in [-0.3, -0.25) is 4.18 Å². The number of ether oxygens (including phenoxy) is 2. The van der Waals surface area contributed by atoms with Crippen LogP contribution in [0.4, 0.5) is 0 Å². The third-order valence-corrected chi connectivity index (χ3v) is 5.22. The third kappa shape index (κ3) is 3.82. The molecule has 1 aromatic carbocycles. The minimum atomic E-state index is -4.07. The average molecular weight is 382 g/mol. The molecule has 1 aliphatic heterocycles. The zero-order valence-electron chi connectivity index (χ0n) is 12.2. The van der Waals surface area contributed by atoms with Gasteiger partial charge >= 0.3 is 10.3 Å². The van der Waals surface area contributed by atoms with E-state index < -0.39 is 28.3 Å². The van der Waals surface area contributed by atoms with Crippen molar-refractivity contribution < 1.29 is 22.1 Å². The summed E-state index contributed by atoms with van der Waals surface area (Å²) in [5, 5.41) is 5.77. The molecule has 0 amide bonds. The minimum absolute atomic E-state index is 0.257. The highest BCUT2D eigenvalue weighted by Gasteiger charge is 2.50. The fourth-order valence-electron chi connectivity index (χ4n) is 3.13. The van der Waals surface area contributed by atoms with Crippen LogP contribution in [-0.2, 0) is 24.0 Å². The van der Waals surface area contributed by atoms with Crippen LogP contribution >= 0.6 is 23.2 Å². The quantitative estimate of drug-likeness (QED) is 0.865. The number of benzene rings is 1. The SMILES string of the molecule is NS(=O)(=O)OCC1OC2(CCCC2)OC1c1c(Cl)cccc1Cl. The molecule has 3 rings (SSSR count). The molecule has 9 heteroatoms. The molecule has 23 heavy (non-hydrogen) atoms. The van der Waals surface area contributed by atoms with E-state index in [9.17, 15) is 8.42 Å². The molecule has 1 heterocycles. The molecule has 1 aromatic rings. The van der Waals surface area contributed by atoms with Gasteiger partial charge in [0.2, 0.25) is 0 Å². The summed E-state index contributed by atoms with van der Waals surface area (Å²) in [7, 11) is -4.07. The van der Waals surface area contributed by atoms with Crippen molar-refractivity contribution >= 4 is 33.5 Å². The maximum Gasteiger partial charge on any atom is 0.333 e. The van der Waals surface area contributed by atoms with Gasteiger partial charge in [-0.15, -0.1) is 0 Å². The number of rotatable bonds is 4. The molecule has 128 valence electrons. The van der Waals surface area contributed by atoms with Crippen LogP contribution in [0.25, 0.3) is 0 Å². The highest BCUT2D eigenvalue weighted by Crippen LogP contribution is 2.49. The van der Waals surface area contributed by atoms with Gasteiger partial charge in [0.1, 0.15) is 12.2 Å². The van der Waals surface area contributed by atoms with E-state index in [1.165, 1.54) is 0 Å². The van der Waals surface area contributed by atoms with Crippen molar-refractivity contribution in [1.82, 2.24) is 0 Å². The third-order valence-electron chi connectivity index (χ3n) is 4.09. The Morgan fingerprint density at radius 3 is 2.39 bits per heavy atom. The Labute approximate surface area is 145 Å². The molecule has 2 aliphatic rings. The van der Waals surface area contributed by atoms with Gasteiger partial charge in [-0.1, -0.05) is 29.3 Å². The minimum Gasteiger partial charge on any atom is -0.341 e. The van der Waals surface area contributed by atoms with E-state index in [1.54, 1.807) is 18.2 Å². The lowest BCUT2D eigenvalue weighted by molar-refractivity contribution is -0.171. The van der Waals surface area contributed by atoms with Gasteiger partial charge in [0.25, 0.3) is 0 Å². The molecule has 0 radical (unpaired) electrons. The van der Waals surface area contributed by atoms with Gasteiger partial charge in [-0.25, -0.2) is 5.14 Å². The number of hydrogen-bond donors (Lipinski definition) is 1. The van der Waals surface area contributed by atoms with Crippen molar-refractivity contribution in [2.45, 2.75) is 43.7 Å². The lowest BCUT2D eigenvalue weighted by Gasteiger charge is -2.22. The molecule has 0 bridgehead atoms. The fraction of sp³-hybridized carbons (Fsp3) is 0.571. The van der Waals surface area contributed by atoms with E-state index in [1.807, 2.05) is 0 Å². The van der Waals surface area contributed by atoms with Crippen molar-refractivity contribution in [2.75, 3.05) is 6.61 Å². The van der Waals surface area contributed by atoms with Crippen molar-refractivity contribution in [2.24, 2.45) is 5.14 Å². The van der Waals surface area contributed by atoms with E-state index in [2.05, 4.69) is 0 Å². The molecule has 1 saturated carbocycles. The second-order valence-electron chi connectivity index (χ2n) is 5.73. The fourth-order valence-corrected chi connectivity index (χ4v) is 4.07. The van der Waals surface area contributed by atoms with Gasteiger partial charge < -0.3 is 9.47 Å². The molecule has 1 saturated heterocycles. The molecule has 2 fully saturated rings. The first-order chi connectivity index (χ1) is 10.8. The predicted molar refractivity (Wildman–Crippen MR) is 85.4 cm³/mol. The number of halogens is 2. The van der Waals surface area contributed by atoms with E-state index in [4.69, 9.17) is 42.0 Å². The van der Waals surface area contributed by atoms with Gasteiger partial charge in [0.05, 0.1) is 6.61 Å². The Morgan fingerprint density at radius 1 is 1.22 bits per heavy atom. The Bertz CT molecular complexity index is 670. The first-order valence-corrected chi connectivity index (χ1v) is 9.49. The van der Waals surface area contributed by atoms with E-state index >= 15 is 0 Å². The summed E-state index contributed by atoms with van der Waals surface area (Å²) in [6.07, 6.45) is 2.15. The second-order valence-corrected chi connectivity index (χ2v) is 7.76. The van der Waals surface area contributed by atoms with Gasteiger partial charge in [-0.05, 0) is 25.0 Å². The van der Waals surface area contributed by atoms with E-state index in [-0.39, 0.29) is 6.61 Å². The molecule has 2 atom stereocenters. The molecule has 2 unspecified atom stereocenters. The maximum atomic E-state index is 11.1. The lowest BCUT2D eigenvalue weighted by Crippen LogP contribution is -2.29. The van der Waals surface area contributed by atoms with Crippen LogP contribution in [0, 0.1) is 0 Å². The van der Waals surface area contributed by atoms with Gasteiger partial charge in [0.15, 0.2) is 5.79 Å². The molecular weight excluding hydrogens is 365 g/mol. The first-order valence-electron chi connectivity index (χ1n) is 7.26. The van der Waals surface area contributed by atoms with Crippen molar-refractivity contribution in [3.63, 3.8) is 0 Å². The van der Waals surface area contributed by atoms with Crippen LogP contribution in [0.2, 0.25) is 10.0 Å². The maximum absolute atomic E-state index is 11.1. The van der Waals surface area contributed by atoms with Crippen LogP contribution < -0.4 is 5.14 Å². The number of nitrogens with two attached hydrogens (primary N) is 1. The summed E-state index contributed by atoms with van der Waals surface area (Å²) < 4.78 is 39.0. The summed E-state index contributed by atoms with van der Waals surface area (Å²) in [6, 6.07) is 5.12. The van der Waals surface area contributed by atoms with Crippen LogP contribution in [0.15, 0.2) is 18.2 Å². The van der Waals surface area contributed by atoms with Crippen LogP contribution in [0.5, 0.6) is 0 Å². The molecule has 1 spiro atoms. The van der Waals surface area contributed by atoms with E-state index in [0.717, 1.165) is 25.7 Å². The molecular formula is C14H17Cl2NO5S. The van der Waals surface area contributed by atoms with Crippen LogP contribution in [0.3, 0.4) is 0 Å². The summed E-state index contributed by atoms with van der Waals surface area (Å²) in [6.45, 7) is -0.257. The van der Waals surface area contributed by atoms with Crippen molar-refractivity contribution in [3.8, 4) is 0 Å². The Kier molecular flexibility index (Phi) is 4.90. The zero-order chi connectivity index (χ0) is 16.7. The van der Waals surface area contributed by atoms with Gasteiger partial charge in [0, 0.05) is 28.5 Å². The van der Waals surface area contributed by atoms with Crippen LogP contribution in [-0.4, -0.2) is 26.9 Å². The number of hydrogen-bond acceptors (Lipinski definition) is 5. The van der Waals surface area contributed by atoms with Crippen molar-refractivity contribution in [3.05, 3.63) is 33.8 Å². The highest BCUT2D eigenvalue weighted by molar-refractivity contribution is 7.84.